The Balaban J connectivity index is 0.000000810. The fourth-order valence-electron chi connectivity index (χ4n) is 1.66. The number of hydrogen-bond acceptors (Lipinski definition) is 2. The number of rotatable bonds is 0. The molecule has 0 saturated carbocycles. The monoisotopic (exact) mass is 416 g/mol. The first kappa shape index (κ1) is 18.3. The van der Waals surface area contributed by atoms with Gasteiger partial charge in [0.25, 0.3) is 0 Å². The molecule has 1 aromatic carbocycles. The van der Waals surface area contributed by atoms with Crippen LogP contribution in [0.1, 0.15) is 0 Å². The van der Waals surface area contributed by atoms with Crippen molar-refractivity contribution in [2.24, 2.45) is 0 Å². The van der Waals surface area contributed by atoms with Crippen LogP contribution in [-0.2, 0) is 0 Å². The zero-order valence-electron chi connectivity index (χ0n) is 9.96. The molecule has 0 radical (unpaired) electrons. The molecule has 18 heavy (non-hydrogen) atoms. The second-order valence-corrected chi connectivity index (χ2v) is 4.05. The Morgan fingerprint density at radius 1 is 0.778 bits per heavy atom. The van der Waals surface area contributed by atoms with Gasteiger partial charge in [0, 0.05) is 0 Å². The number of fused-ring (bicyclic) bond motifs is 3. The molecule has 2 aromatic heterocycles. The van der Waals surface area contributed by atoms with Gasteiger partial charge in [-0.2, -0.15) is 12.1 Å². The minimum absolute atomic E-state index is 0. The van der Waals surface area contributed by atoms with Gasteiger partial charge in [-0.15, -0.1) is 44.0 Å². The van der Waals surface area contributed by atoms with Gasteiger partial charge >= 0.3 is 116 Å². The van der Waals surface area contributed by atoms with Gasteiger partial charge in [-0.1, -0.05) is 12.4 Å². The Morgan fingerprint density at radius 3 is 1.56 bits per heavy atom. The zero-order valence-corrected chi connectivity index (χ0v) is 21.3. The predicted molar refractivity (Wildman–Crippen MR) is 64.7 cm³/mol. The molecule has 0 N–H and O–H groups in total. The average Bonchev–Trinajstić information content (AvgIpc) is 2.30. The zero-order chi connectivity index (χ0) is 11.1. The minimum atomic E-state index is 0. The van der Waals surface area contributed by atoms with Crippen molar-refractivity contribution in [1.29, 1.82) is 0 Å². The van der Waals surface area contributed by atoms with Gasteiger partial charge in [0.15, 0.2) is 0 Å². The van der Waals surface area contributed by atoms with E-state index in [-0.39, 0.29) is 116 Å². The summed E-state index contributed by atoms with van der Waals surface area (Å²) in [5.74, 6) is 0. The van der Waals surface area contributed by atoms with E-state index >= 15 is 0 Å². The van der Waals surface area contributed by atoms with E-state index in [4.69, 9.17) is 23.2 Å². The van der Waals surface area contributed by atoms with Crippen LogP contribution >= 0.6 is 23.2 Å². The first-order valence-electron chi connectivity index (χ1n) is 4.58. The van der Waals surface area contributed by atoms with Crippen LogP contribution in [0.2, 0.25) is 10.0 Å². The second kappa shape index (κ2) is 8.02. The summed E-state index contributed by atoms with van der Waals surface area (Å²) in [4.78, 5) is 8.47. The van der Waals surface area contributed by atoms with E-state index in [0.717, 1.165) is 21.8 Å². The molecule has 0 aliphatic carbocycles. The number of halogens is 2. The Kier molecular flexibility index (Phi) is 8.14. The normalized spacial score (nSPS) is 9.89. The number of aromatic nitrogens is 2. The Hall–Kier alpha value is 2.23. The van der Waals surface area contributed by atoms with Crippen molar-refractivity contribution in [2.45, 2.75) is 0 Å². The molecule has 3 rings (SSSR count). The van der Waals surface area contributed by atoms with Crippen LogP contribution in [0.4, 0.5) is 0 Å². The van der Waals surface area contributed by atoms with Gasteiger partial charge in [-0.05, 0) is 11.0 Å². The molecule has 0 aliphatic heterocycles. The number of nitrogens with zero attached hydrogens (tertiary/aromatic N) is 2. The molecular weight excluding hydrogens is 414 g/mol. The van der Waals surface area contributed by atoms with Crippen molar-refractivity contribution >= 4 is 45.0 Å². The van der Waals surface area contributed by atoms with Crippen LogP contribution in [0.3, 0.4) is 0 Å². The molecule has 0 saturated heterocycles. The summed E-state index contributed by atoms with van der Waals surface area (Å²) in [7, 11) is 0. The van der Waals surface area contributed by atoms with Crippen LogP contribution in [0.5, 0.6) is 0 Å². The predicted octanol–water partition coefficient (Wildman–Crippen LogP) is -2.30. The smallest absolute Gasteiger partial charge is 0.295 e. The van der Waals surface area contributed by atoms with Crippen molar-refractivity contribution in [2.75, 3.05) is 0 Å². The fourth-order valence-corrected chi connectivity index (χ4v) is 2.06. The molecule has 0 bridgehead atoms. The van der Waals surface area contributed by atoms with E-state index in [1.54, 1.807) is 0 Å². The van der Waals surface area contributed by atoms with Crippen LogP contribution in [0.25, 0.3) is 21.8 Å². The molecule has 78 valence electrons. The summed E-state index contributed by atoms with van der Waals surface area (Å²) in [6.07, 6.45) is 3.08. The SMILES string of the molecule is Clc1[c-]cnc2c1ccc1c(Cl)[c-]cnc12.[Rb+].[Rb+]. The van der Waals surface area contributed by atoms with Crippen LogP contribution < -0.4 is 116 Å². The van der Waals surface area contributed by atoms with Crippen molar-refractivity contribution in [1.82, 2.24) is 9.97 Å². The molecule has 3 aromatic rings. The number of hydrogen-bond donors (Lipinski definition) is 0. The van der Waals surface area contributed by atoms with E-state index < -0.39 is 0 Å². The maximum absolute atomic E-state index is 6.03. The van der Waals surface area contributed by atoms with Crippen molar-refractivity contribution in [3.63, 3.8) is 0 Å². The first-order valence-corrected chi connectivity index (χ1v) is 5.34. The van der Waals surface area contributed by atoms with E-state index in [2.05, 4.69) is 22.1 Å². The second-order valence-electron chi connectivity index (χ2n) is 3.29. The van der Waals surface area contributed by atoms with Crippen LogP contribution in [0.15, 0.2) is 24.5 Å². The summed E-state index contributed by atoms with van der Waals surface area (Å²) in [5, 5.41) is 2.73. The van der Waals surface area contributed by atoms with Crippen molar-refractivity contribution in [3.05, 3.63) is 46.7 Å². The van der Waals surface area contributed by atoms with Gasteiger partial charge in [0.1, 0.15) is 0 Å². The quantitative estimate of drug-likeness (QED) is 0.304. The molecule has 0 atom stereocenters. The topological polar surface area (TPSA) is 25.8 Å². The van der Waals surface area contributed by atoms with Gasteiger partial charge < -0.3 is 0 Å². The average molecular weight is 418 g/mol. The number of benzene rings is 1. The Labute approximate surface area is 212 Å². The summed E-state index contributed by atoms with van der Waals surface area (Å²) >= 11 is 12.1. The molecule has 0 aliphatic rings. The van der Waals surface area contributed by atoms with Crippen LogP contribution in [0, 0.1) is 12.1 Å². The largest absolute Gasteiger partial charge is 1.00 e. The van der Waals surface area contributed by atoms with Gasteiger partial charge in [-0.25, -0.2) is 12.1 Å². The molecule has 0 amide bonds. The molecule has 2 heterocycles. The minimum Gasteiger partial charge on any atom is -0.295 e. The van der Waals surface area contributed by atoms with Crippen molar-refractivity contribution in [3.8, 4) is 0 Å². The summed E-state index contributed by atoms with van der Waals surface area (Å²) in [6.45, 7) is 0. The molecule has 0 spiro atoms. The van der Waals surface area contributed by atoms with Crippen molar-refractivity contribution < 1.29 is 116 Å². The summed E-state index contributed by atoms with van der Waals surface area (Å²) in [5.41, 5.74) is 1.47. The Bertz CT molecular complexity index is 643. The standard InChI is InChI=1S/C12H4Cl2N2.2Rb/c13-9-3-5-15-11-7(9)1-2-8-10(14)4-6-16-12(8)11;;/h1-2,5-6H;;/q-2;2*+1. The van der Waals surface area contributed by atoms with E-state index in [1.807, 2.05) is 12.1 Å². The van der Waals surface area contributed by atoms with Gasteiger partial charge in [0.05, 0.1) is 0 Å². The molecular formula is C12H4Cl2N2Rb2. The maximum atomic E-state index is 6.03. The van der Waals surface area contributed by atoms with E-state index in [9.17, 15) is 0 Å². The Morgan fingerprint density at radius 2 is 1.17 bits per heavy atom. The van der Waals surface area contributed by atoms with Gasteiger partial charge in [-0.3, -0.25) is 9.97 Å². The molecule has 6 heteroatoms. The fraction of sp³-hybridized carbons (Fsp3) is 0. The third-order valence-corrected chi connectivity index (χ3v) is 3.02. The summed E-state index contributed by atoms with van der Waals surface area (Å²) in [6, 6.07) is 9.41. The molecule has 0 fully saturated rings. The molecule has 0 unspecified atom stereocenters. The van der Waals surface area contributed by atoms with Gasteiger partial charge in [0.2, 0.25) is 0 Å². The maximum Gasteiger partial charge on any atom is 1.00 e. The molecule has 2 nitrogen and oxygen atoms in total. The van der Waals surface area contributed by atoms with Crippen LogP contribution in [-0.4, -0.2) is 9.97 Å². The summed E-state index contributed by atoms with van der Waals surface area (Å²) < 4.78 is 0. The first-order chi connectivity index (χ1) is 7.77. The third kappa shape index (κ3) is 3.52. The number of pyridine rings is 2. The third-order valence-electron chi connectivity index (χ3n) is 2.39. The van der Waals surface area contributed by atoms with E-state index in [1.165, 1.54) is 12.4 Å². The van der Waals surface area contributed by atoms with E-state index in [0.29, 0.717) is 10.0 Å².